The summed E-state index contributed by atoms with van der Waals surface area (Å²) in [6.45, 7) is 0. The van der Waals surface area contributed by atoms with Crippen molar-refractivity contribution in [1.82, 2.24) is 0 Å². The Hall–Kier alpha value is -2.02. The van der Waals surface area contributed by atoms with E-state index in [0.29, 0.717) is 17.6 Å². The third-order valence-corrected chi connectivity index (χ3v) is 3.60. The lowest BCUT2D eigenvalue weighted by Gasteiger charge is -2.23. The SMILES string of the molecule is CN(C(N)=NC1CCCCC1)c1cccc(C#N)c1. The molecular weight excluding hydrogens is 236 g/mol. The highest BCUT2D eigenvalue weighted by molar-refractivity contribution is 5.94. The first-order chi connectivity index (χ1) is 9.20. The second-order valence-electron chi connectivity index (χ2n) is 5.00. The van der Waals surface area contributed by atoms with Gasteiger partial charge < -0.3 is 10.6 Å². The molecular formula is C15H20N4. The van der Waals surface area contributed by atoms with Gasteiger partial charge in [0.05, 0.1) is 17.7 Å². The molecule has 0 radical (unpaired) electrons. The molecule has 0 amide bonds. The highest BCUT2D eigenvalue weighted by atomic mass is 15.2. The first-order valence-corrected chi connectivity index (χ1v) is 6.78. The van der Waals surface area contributed by atoms with E-state index in [1.807, 2.05) is 30.1 Å². The van der Waals surface area contributed by atoms with Crippen LogP contribution in [0.25, 0.3) is 0 Å². The van der Waals surface area contributed by atoms with Crippen molar-refractivity contribution >= 4 is 11.6 Å². The lowest BCUT2D eigenvalue weighted by molar-refractivity contribution is 0.443. The number of rotatable bonds is 2. The average molecular weight is 256 g/mol. The predicted octanol–water partition coefficient (Wildman–Crippen LogP) is 2.64. The Kier molecular flexibility index (Phi) is 4.40. The van der Waals surface area contributed by atoms with Gasteiger partial charge in [-0.3, -0.25) is 0 Å². The van der Waals surface area contributed by atoms with Crippen molar-refractivity contribution in [2.24, 2.45) is 10.7 Å². The summed E-state index contributed by atoms with van der Waals surface area (Å²) in [5.41, 5.74) is 7.60. The molecule has 1 fully saturated rings. The average Bonchev–Trinajstić information content (AvgIpc) is 2.47. The van der Waals surface area contributed by atoms with Crippen LogP contribution in [0.1, 0.15) is 37.7 Å². The number of nitrogens with two attached hydrogens (primary N) is 1. The number of nitriles is 1. The standard InChI is InChI=1S/C15H20N4/c1-19(14-9-5-6-12(10-14)11-16)15(17)18-13-7-3-2-4-8-13/h5-6,9-10,13H,2-4,7-8H2,1H3,(H2,17,18). The molecule has 1 aliphatic carbocycles. The van der Waals surface area contributed by atoms with Crippen molar-refractivity contribution in [3.8, 4) is 6.07 Å². The van der Waals surface area contributed by atoms with Gasteiger partial charge in [-0.15, -0.1) is 0 Å². The molecule has 0 spiro atoms. The third-order valence-electron chi connectivity index (χ3n) is 3.60. The van der Waals surface area contributed by atoms with Crippen LogP contribution in [0.2, 0.25) is 0 Å². The predicted molar refractivity (Wildman–Crippen MR) is 78.1 cm³/mol. The molecule has 0 bridgehead atoms. The second kappa shape index (κ2) is 6.24. The number of nitrogens with zero attached hydrogens (tertiary/aromatic N) is 3. The number of aliphatic imine (C=N–C) groups is 1. The number of benzene rings is 1. The van der Waals surface area contributed by atoms with Crippen molar-refractivity contribution in [3.05, 3.63) is 29.8 Å². The van der Waals surface area contributed by atoms with Gasteiger partial charge in [0.15, 0.2) is 5.96 Å². The Morgan fingerprint density at radius 2 is 2.11 bits per heavy atom. The molecule has 2 rings (SSSR count). The third kappa shape index (κ3) is 3.47. The van der Waals surface area contributed by atoms with E-state index in [9.17, 15) is 0 Å². The molecule has 2 N–H and O–H groups in total. The van der Waals surface area contributed by atoms with Gasteiger partial charge in [-0.1, -0.05) is 25.3 Å². The van der Waals surface area contributed by atoms with Crippen LogP contribution in [0, 0.1) is 11.3 Å². The molecule has 0 aromatic heterocycles. The zero-order valence-corrected chi connectivity index (χ0v) is 11.3. The highest BCUT2D eigenvalue weighted by Gasteiger charge is 2.14. The molecule has 1 aromatic rings. The summed E-state index contributed by atoms with van der Waals surface area (Å²) in [6, 6.07) is 9.89. The Balaban J connectivity index is 2.11. The molecule has 4 heteroatoms. The summed E-state index contributed by atoms with van der Waals surface area (Å²) >= 11 is 0. The fourth-order valence-corrected chi connectivity index (χ4v) is 2.40. The van der Waals surface area contributed by atoms with E-state index in [-0.39, 0.29) is 0 Å². The zero-order chi connectivity index (χ0) is 13.7. The quantitative estimate of drug-likeness (QED) is 0.653. The molecule has 0 atom stereocenters. The van der Waals surface area contributed by atoms with Gasteiger partial charge in [0.25, 0.3) is 0 Å². The van der Waals surface area contributed by atoms with E-state index in [1.54, 1.807) is 6.07 Å². The van der Waals surface area contributed by atoms with E-state index >= 15 is 0 Å². The molecule has 1 saturated carbocycles. The van der Waals surface area contributed by atoms with Crippen LogP contribution in [0.4, 0.5) is 5.69 Å². The van der Waals surface area contributed by atoms with E-state index in [1.165, 1.54) is 19.3 Å². The van der Waals surface area contributed by atoms with Crippen molar-refractivity contribution in [1.29, 1.82) is 5.26 Å². The maximum atomic E-state index is 8.91. The minimum atomic E-state index is 0.357. The Labute approximate surface area is 114 Å². The molecule has 0 unspecified atom stereocenters. The smallest absolute Gasteiger partial charge is 0.195 e. The van der Waals surface area contributed by atoms with Gasteiger partial charge in [0.1, 0.15) is 0 Å². The lowest BCUT2D eigenvalue weighted by atomic mass is 9.96. The Bertz CT molecular complexity index is 495. The second-order valence-corrected chi connectivity index (χ2v) is 5.00. The van der Waals surface area contributed by atoms with Crippen LogP contribution in [-0.2, 0) is 0 Å². The lowest BCUT2D eigenvalue weighted by Crippen LogP contribution is -2.35. The molecule has 0 aliphatic heterocycles. The fourth-order valence-electron chi connectivity index (χ4n) is 2.40. The molecule has 1 aliphatic rings. The van der Waals surface area contributed by atoms with Crippen LogP contribution >= 0.6 is 0 Å². The van der Waals surface area contributed by atoms with Crippen LogP contribution in [0.5, 0.6) is 0 Å². The summed E-state index contributed by atoms with van der Waals surface area (Å²) in [7, 11) is 1.89. The van der Waals surface area contributed by atoms with Crippen LogP contribution in [0.15, 0.2) is 29.3 Å². The van der Waals surface area contributed by atoms with Crippen molar-refractivity contribution < 1.29 is 0 Å². The van der Waals surface area contributed by atoms with E-state index in [2.05, 4.69) is 11.1 Å². The minimum absolute atomic E-state index is 0.357. The van der Waals surface area contributed by atoms with Crippen LogP contribution in [0.3, 0.4) is 0 Å². The van der Waals surface area contributed by atoms with Gasteiger partial charge >= 0.3 is 0 Å². The Morgan fingerprint density at radius 1 is 1.37 bits per heavy atom. The fraction of sp³-hybridized carbons (Fsp3) is 0.467. The van der Waals surface area contributed by atoms with Crippen molar-refractivity contribution in [2.45, 2.75) is 38.1 Å². The molecule has 19 heavy (non-hydrogen) atoms. The monoisotopic (exact) mass is 256 g/mol. The van der Waals surface area contributed by atoms with Crippen molar-refractivity contribution in [3.63, 3.8) is 0 Å². The van der Waals surface area contributed by atoms with E-state index in [0.717, 1.165) is 18.5 Å². The molecule has 4 nitrogen and oxygen atoms in total. The summed E-state index contributed by atoms with van der Waals surface area (Å²) in [4.78, 5) is 6.45. The maximum absolute atomic E-state index is 8.91. The number of hydrogen-bond acceptors (Lipinski definition) is 2. The largest absolute Gasteiger partial charge is 0.370 e. The zero-order valence-electron chi connectivity index (χ0n) is 11.3. The summed E-state index contributed by atoms with van der Waals surface area (Å²) < 4.78 is 0. The topological polar surface area (TPSA) is 65.4 Å². The number of hydrogen-bond donors (Lipinski definition) is 1. The maximum Gasteiger partial charge on any atom is 0.195 e. The van der Waals surface area contributed by atoms with Gasteiger partial charge in [-0.25, -0.2) is 4.99 Å². The molecule has 100 valence electrons. The van der Waals surface area contributed by atoms with Crippen LogP contribution in [-0.4, -0.2) is 19.0 Å². The van der Waals surface area contributed by atoms with E-state index in [4.69, 9.17) is 11.0 Å². The van der Waals surface area contributed by atoms with E-state index < -0.39 is 0 Å². The summed E-state index contributed by atoms with van der Waals surface area (Å²) in [6.07, 6.45) is 6.07. The van der Waals surface area contributed by atoms with Crippen LogP contribution < -0.4 is 10.6 Å². The number of anilines is 1. The highest BCUT2D eigenvalue weighted by Crippen LogP contribution is 2.21. The van der Waals surface area contributed by atoms with Gasteiger partial charge in [-0.05, 0) is 31.0 Å². The van der Waals surface area contributed by atoms with Gasteiger partial charge in [0, 0.05) is 12.7 Å². The van der Waals surface area contributed by atoms with Gasteiger partial charge in [-0.2, -0.15) is 5.26 Å². The first kappa shape index (κ1) is 13.4. The molecule has 0 saturated heterocycles. The molecule has 1 aromatic carbocycles. The normalized spacial score (nSPS) is 16.9. The number of guanidine groups is 1. The van der Waals surface area contributed by atoms with Crippen molar-refractivity contribution in [2.75, 3.05) is 11.9 Å². The minimum Gasteiger partial charge on any atom is -0.370 e. The molecule has 0 heterocycles. The summed E-state index contributed by atoms with van der Waals surface area (Å²) in [5, 5.41) is 8.91. The van der Waals surface area contributed by atoms with Gasteiger partial charge in [0.2, 0.25) is 0 Å². The Morgan fingerprint density at radius 3 is 2.79 bits per heavy atom. The first-order valence-electron chi connectivity index (χ1n) is 6.78. The summed E-state index contributed by atoms with van der Waals surface area (Å²) in [5.74, 6) is 0.530.